The molecule has 1 unspecified atom stereocenters. The maximum absolute atomic E-state index is 12.6. The van der Waals surface area contributed by atoms with Gasteiger partial charge in [0.2, 0.25) is 5.91 Å². The molecule has 0 aliphatic carbocycles. The van der Waals surface area contributed by atoms with Crippen molar-refractivity contribution < 1.29 is 34.1 Å². The highest BCUT2D eigenvalue weighted by atomic mass is 16.5. The summed E-state index contributed by atoms with van der Waals surface area (Å²) in [7, 11) is 1.57. The zero-order valence-corrected chi connectivity index (χ0v) is 19.1. The fraction of sp³-hybridized carbons (Fsp3) is 0.333. The molecule has 0 saturated carbocycles. The molecule has 1 atom stereocenters. The van der Waals surface area contributed by atoms with Crippen LogP contribution in [-0.4, -0.2) is 84.6 Å². The molecule has 0 aliphatic rings. The molecule has 2 aromatic rings. The lowest BCUT2D eigenvalue weighted by molar-refractivity contribution is -0.133. The number of ketones is 1. The zero-order valence-electron chi connectivity index (χ0n) is 19.1. The SMILES string of the molecule is CC(=O)N(C)CCNC(=O)C(NC(=O)c1ccc(-c2ccc(OCCO)cc2)cc1)C(=O)CO. The van der Waals surface area contributed by atoms with E-state index in [1.54, 1.807) is 43.4 Å². The van der Waals surface area contributed by atoms with Crippen molar-refractivity contribution in [2.24, 2.45) is 0 Å². The highest BCUT2D eigenvalue weighted by Gasteiger charge is 2.28. The molecule has 0 spiro atoms. The Bertz CT molecular complexity index is 991. The Morgan fingerprint density at radius 3 is 2.09 bits per heavy atom. The van der Waals surface area contributed by atoms with Crippen LogP contribution in [0.2, 0.25) is 0 Å². The minimum absolute atomic E-state index is 0.0745. The number of carbonyl (C=O) groups excluding carboxylic acids is 4. The third kappa shape index (κ3) is 7.68. The van der Waals surface area contributed by atoms with Crippen LogP contribution < -0.4 is 15.4 Å². The lowest BCUT2D eigenvalue weighted by Gasteiger charge is -2.19. The molecule has 10 nitrogen and oxygen atoms in total. The molecule has 0 aromatic heterocycles. The second kappa shape index (κ2) is 13.1. The van der Waals surface area contributed by atoms with Gasteiger partial charge < -0.3 is 30.5 Å². The van der Waals surface area contributed by atoms with E-state index in [9.17, 15) is 24.3 Å². The average Bonchev–Trinajstić information content (AvgIpc) is 2.85. The number of Topliss-reactive ketones (excluding diaryl/α,β-unsaturated/α-hetero) is 1. The van der Waals surface area contributed by atoms with Crippen molar-refractivity contribution in [1.82, 2.24) is 15.5 Å². The first kappa shape index (κ1) is 26.5. The van der Waals surface area contributed by atoms with E-state index in [1.165, 1.54) is 11.8 Å². The van der Waals surface area contributed by atoms with Gasteiger partial charge in [-0.1, -0.05) is 24.3 Å². The number of aliphatic hydroxyl groups excluding tert-OH is 2. The number of ether oxygens (including phenoxy) is 1. The van der Waals surface area contributed by atoms with E-state index in [0.717, 1.165) is 11.1 Å². The summed E-state index contributed by atoms with van der Waals surface area (Å²) in [5.74, 6) is -1.84. The van der Waals surface area contributed by atoms with E-state index < -0.39 is 30.2 Å². The molecule has 2 rings (SSSR count). The van der Waals surface area contributed by atoms with Gasteiger partial charge in [-0.05, 0) is 35.4 Å². The first-order chi connectivity index (χ1) is 16.3. The van der Waals surface area contributed by atoms with Crippen molar-refractivity contribution in [1.29, 1.82) is 0 Å². The summed E-state index contributed by atoms with van der Waals surface area (Å²) < 4.78 is 5.33. The number of hydrogen-bond acceptors (Lipinski definition) is 7. The predicted molar refractivity (Wildman–Crippen MR) is 124 cm³/mol. The van der Waals surface area contributed by atoms with Gasteiger partial charge in [0.15, 0.2) is 11.8 Å². The van der Waals surface area contributed by atoms with Crippen LogP contribution in [0.15, 0.2) is 48.5 Å². The van der Waals surface area contributed by atoms with Gasteiger partial charge in [0.25, 0.3) is 11.8 Å². The quantitative estimate of drug-likeness (QED) is 0.318. The molecule has 3 amide bonds. The van der Waals surface area contributed by atoms with Crippen molar-refractivity contribution in [2.75, 3.05) is 40.0 Å². The monoisotopic (exact) mass is 471 g/mol. The third-order valence-corrected chi connectivity index (χ3v) is 4.99. The molecule has 0 radical (unpaired) electrons. The number of benzene rings is 2. The normalized spacial score (nSPS) is 11.3. The van der Waals surface area contributed by atoms with Crippen molar-refractivity contribution in [3.05, 3.63) is 54.1 Å². The number of rotatable bonds is 12. The number of hydrogen-bond donors (Lipinski definition) is 4. The second-order valence-electron chi connectivity index (χ2n) is 7.44. The molecule has 0 fully saturated rings. The van der Waals surface area contributed by atoms with Gasteiger partial charge >= 0.3 is 0 Å². The molecule has 34 heavy (non-hydrogen) atoms. The summed E-state index contributed by atoms with van der Waals surface area (Å²) in [5, 5.41) is 22.8. The Morgan fingerprint density at radius 1 is 0.971 bits per heavy atom. The summed E-state index contributed by atoms with van der Waals surface area (Å²) in [4.78, 5) is 49.7. The number of amides is 3. The third-order valence-electron chi connectivity index (χ3n) is 4.99. The Balaban J connectivity index is 2.02. The van der Waals surface area contributed by atoms with E-state index in [2.05, 4.69) is 10.6 Å². The van der Waals surface area contributed by atoms with Crippen LogP contribution in [-0.2, 0) is 14.4 Å². The molecule has 4 N–H and O–H groups in total. The van der Waals surface area contributed by atoms with E-state index in [-0.39, 0.29) is 37.8 Å². The van der Waals surface area contributed by atoms with E-state index in [1.807, 2.05) is 12.1 Å². The molecular formula is C24H29N3O7. The Hall–Kier alpha value is -3.76. The number of nitrogens with one attached hydrogen (secondary N) is 2. The lowest BCUT2D eigenvalue weighted by atomic mass is 10.0. The Kier molecular flexibility index (Phi) is 10.2. The lowest BCUT2D eigenvalue weighted by Crippen LogP contribution is -2.53. The van der Waals surface area contributed by atoms with Crippen molar-refractivity contribution in [3.8, 4) is 16.9 Å². The molecule has 0 aliphatic heterocycles. The summed E-state index contributed by atoms with van der Waals surface area (Å²) in [6.45, 7) is 0.908. The molecule has 182 valence electrons. The second-order valence-corrected chi connectivity index (χ2v) is 7.44. The fourth-order valence-electron chi connectivity index (χ4n) is 2.93. The number of nitrogens with zero attached hydrogens (tertiary/aromatic N) is 1. The van der Waals surface area contributed by atoms with Crippen molar-refractivity contribution >= 4 is 23.5 Å². The molecule has 0 bridgehead atoms. The predicted octanol–water partition coefficient (Wildman–Crippen LogP) is -0.0210. The number of likely N-dealkylation sites (N-methyl/N-ethyl adjacent to an activating group) is 1. The molecule has 0 saturated heterocycles. The van der Waals surface area contributed by atoms with Crippen LogP contribution >= 0.6 is 0 Å². The van der Waals surface area contributed by atoms with E-state index >= 15 is 0 Å². The minimum atomic E-state index is -1.56. The van der Waals surface area contributed by atoms with E-state index in [4.69, 9.17) is 9.84 Å². The van der Waals surface area contributed by atoms with Crippen LogP contribution in [0.1, 0.15) is 17.3 Å². The van der Waals surface area contributed by atoms with E-state index in [0.29, 0.717) is 5.75 Å². The van der Waals surface area contributed by atoms with Gasteiger partial charge in [0, 0.05) is 32.6 Å². The molecule has 0 heterocycles. The summed E-state index contributed by atoms with van der Waals surface area (Å²) in [6.07, 6.45) is 0. The fourth-order valence-corrected chi connectivity index (χ4v) is 2.93. The van der Waals surface area contributed by atoms with Crippen molar-refractivity contribution in [3.63, 3.8) is 0 Å². The van der Waals surface area contributed by atoms with Gasteiger partial charge in [0.1, 0.15) is 19.0 Å². The summed E-state index contributed by atoms with van der Waals surface area (Å²) in [5.41, 5.74) is 1.94. The zero-order chi connectivity index (χ0) is 25.1. The average molecular weight is 472 g/mol. The van der Waals surface area contributed by atoms with Gasteiger partial charge in [-0.15, -0.1) is 0 Å². The van der Waals surface area contributed by atoms with Gasteiger partial charge in [-0.2, -0.15) is 0 Å². The highest BCUT2D eigenvalue weighted by molar-refractivity contribution is 6.10. The van der Waals surface area contributed by atoms with Crippen LogP contribution in [0.5, 0.6) is 5.75 Å². The smallest absolute Gasteiger partial charge is 0.252 e. The van der Waals surface area contributed by atoms with Crippen LogP contribution in [0, 0.1) is 0 Å². The largest absolute Gasteiger partial charge is 0.491 e. The van der Waals surface area contributed by atoms with Crippen LogP contribution in [0.4, 0.5) is 0 Å². The van der Waals surface area contributed by atoms with Gasteiger partial charge in [-0.25, -0.2) is 0 Å². The van der Waals surface area contributed by atoms with Gasteiger partial charge in [0.05, 0.1) is 6.61 Å². The molecule has 10 heteroatoms. The maximum Gasteiger partial charge on any atom is 0.252 e. The summed E-state index contributed by atoms with van der Waals surface area (Å²) in [6, 6.07) is 12.2. The number of carbonyl (C=O) groups is 4. The molecular weight excluding hydrogens is 442 g/mol. The first-order valence-corrected chi connectivity index (χ1v) is 10.6. The number of aliphatic hydroxyl groups is 2. The standard InChI is InChI=1S/C24H29N3O7/c1-16(30)27(2)12-11-25-24(33)22(21(31)15-29)26-23(32)19-5-3-17(4-6-19)18-7-9-20(10-8-18)34-14-13-28/h3-10,22,28-29H,11-15H2,1-2H3,(H,25,33)(H,26,32). The topological polar surface area (TPSA) is 145 Å². The Labute approximate surface area is 197 Å². The van der Waals surface area contributed by atoms with Gasteiger partial charge in [-0.3, -0.25) is 19.2 Å². The van der Waals surface area contributed by atoms with Crippen LogP contribution in [0.3, 0.4) is 0 Å². The highest BCUT2D eigenvalue weighted by Crippen LogP contribution is 2.23. The maximum atomic E-state index is 12.6. The van der Waals surface area contributed by atoms with Crippen molar-refractivity contribution in [2.45, 2.75) is 13.0 Å². The molecule has 2 aromatic carbocycles. The Morgan fingerprint density at radius 2 is 1.56 bits per heavy atom. The first-order valence-electron chi connectivity index (χ1n) is 10.6. The van der Waals surface area contributed by atoms with Crippen LogP contribution in [0.25, 0.3) is 11.1 Å². The minimum Gasteiger partial charge on any atom is -0.491 e. The summed E-state index contributed by atoms with van der Waals surface area (Å²) >= 11 is 0.